The topological polar surface area (TPSA) is 46.1 Å². The van der Waals surface area contributed by atoms with Crippen LogP contribution in [0.4, 0.5) is 13.2 Å². The molecule has 0 N–H and O–H groups in total. The van der Waals surface area contributed by atoms with Gasteiger partial charge in [-0.2, -0.15) is 13.2 Å². The molecule has 1 aromatic heterocycles. The zero-order valence-corrected chi connectivity index (χ0v) is 12.1. The van der Waals surface area contributed by atoms with Gasteiger partial charge in [0.05, 0.1) is 11.8 Å². The Morgan fingerprint density at radius 2 is 2.09 bits per heavy atom. The van der Waals surface area contributed by atoms with Gasteiger partial charge in [-0.15, -0.1) is 0 Å². The van der Waals surface area contributed by atoms with Crippen molar-refractivity contribution in [3.8, 4) is 0 Å². The molecule has 1 aliphatic heterocycles. The summed E-state index contributed by atoms with van der Waals surface area (Å²) in [6, 6.07) is 5.31. The Morgan fingerprint density at radius 1 is 1.26 bits per heavy atom. The largest absolute Gasteiger partial charge is 0.416 e. The number of halogens is 3. The van der Waals surface area contributed by atoms with Crippen LogP contribution in [0.5, 0.6) is 0 Å². The Balaban J connectivity index is 1.74. The molecule has 23 heavy (non-hydrogen) atoms. The average molecular weight is 321 g/mol. The first-order valence-electron chi connectivity index (χ1n) is 7.17. The summed E-state index contributed by atoms with van der Waals surface area (Å²) in [4.78, 5) is 21.7. The van der Waals surface area contributed by atoms with Gasteiger partial charge in [0.15, 0.2) is 0 Å². The summed E-state index contributed by atoms with van der Waals surface area (Å²) in [5.74, 6) is -0.342. The fourth-order valence-corrected chi connectivity index (χ4v) is 2.76. The van der Waals surface area contributed by atoms with E-state index in [0.717, 1.165) is 6.07 Å². The van der Waals surface area contributed by atoms with Gasteiger partial charge in [0.2, 0.25) is 0 Å². The molecular formula is C16H14F3N3O. The zero-order chi connectivity index (χ0) is 16.4. The maximum atomic E-state index is 12.8. The van der Waals surface area contributed by atoms with E-state index in [2.05, 4.69) is 9.97 Å². The van der Waals surface area contributed by atoms with Crippen molar-refractivity contribution in [3.05, 3.63) is 59.7 Å². The van der Waals surface area contributed by atoms with Gasteiger partial charge in [0.1, 0.15) is 5.69 Å². The van der Waals surface area contributed by atoms with E-state index in [-0.39, 0.29) is 17.5 Å². The fourth-order valence-electron chi connectivity index (χ4n) is 2.76. The van der Waals surface area contributed by atoms with E-state index >= 15 is 0 Å². The Hall–Kier alpha value is -2.44. The van der Waals surface area contributed by atoms with Crippen LogP contribution in [-0.2, 0) is 6.18 Å². The van der Waals surface area contributed by atoms with Crippen molar-refractivity contribution in [2.45, 2.75) is 18.5 Å². The molecule has 0 radical (unpaired) electrons. The molecule has 7 heteroatoms. The van der Waals surface area contributed by atoms with Crippen molar-refractivity contribution in [2.24, 2.45) is 0 Å². The Labute approximate surface area is 131 Å². The molecule has 0 bridgehead atoms. The Kier molecular flexibility index (Phi) is 4.02. The summed E-state index contributed by atoms with van der Waals surface area (Å²) in [6.45, 7) is 0.882. The summed E-state index contributed by atoms with van der Waals surface area (Å²) in [5.41, 5.74) is 0.195. The van der Waals surface area contributed by atoms with E-state index < -0.39 is 11.7 Å². The number of rotatable bonds is 2. The average Bonchev–Trinajstić information content (AvgIpc) is 3.04. The first kappa shape index (κ1) is 15.5. The molecule has 0 unspecified atom stereocenters. The predicted molar refractivity (Wildman–Crippen MR) is 76.7 cm³/mol. The first-order chi connectivity index (χ1) is 10.9. The minimum Gasteiger partial charge on any atom is -0.337 e. The van der Waals surface area contributed by atoms with E-state index in [1.54, 1.807) is 11.0 Å². The molecule has 0 saturated carbocycles. The van der Waals surface area contributed by atoms with Crippen molar-refractivity contribution in [1.29, 1.82) is 0 Å². The van der Waals surface area contributed by atoms with Gasteiger partial charge < -0.3 is 4.90 Å². The number of benzene rings is 1. The second kappa shape index (κ2) is 5.98. The summed E-state index contributed by atoms with van der Waals surface area (Å²) < 4.78 is 38.4. The van der Waals surface area contributed by atoms with Crippen LogP contribution in [0.25, 0.3) is 0 Å². The molecule has 1 fully saturated rings. The molecule has 1 saturated heterocycles. The molecule has 1 atom stereocenters. The van der Waals surface area contributed by atoms with Crippen LogP contribution >= 0.6 is 0 Å². The lowest BCUT2D eigenvalue weighted by molar-refractivity contribution is -0.137. The number of hydrogen-bond acceptors (Lipinski definition) is 3. The number of likely N-dealkylation sites (tertiary alicyclic amines) is 1. The van der Waals surface area contributed by atoms with E-state index in [4.69, 9.17) is 0 Å². The summed E-state index contributed by atoms with van der Waals surface area (Å²) >= 11 is 0. The molecule has 1 aromatic carbocycles. The van der Waals surface area contributed by atoms with Gasteiger partial charge in [-0.1, -0.05) is 18.2 Å². The van der Waals surface area contributed by atoms with Crippen LogP contribution in [0.3, 0.4) is 0 Å². The Morgan fingerprint density at radius 3 is 2.78 bits per heavy atom. The van der Waals surface area contributed by atoms with Gasteiger partial charge in [0.25, 0.3) is 5.91 Å². The predicted octanol–water partition coefficient (Wildman–Crippen LogP) is 3.13. The zero-order valence-electron chi connectivity index (χ0n) is 12.1. The molecular weight excluding hydrogens is 307 g/mol. The maximum Gasteiger partial charge on any atom is 0.416 e. The van der Waals surface area contributed by atoms with Crippen molar-refractivity contribution >= 4 is 5.91 Å². The number of nitrogens with zero attached hydrogens (tertiary/aromatic N) is 3. The van der Waals surface area contributed by atoms with Crippen molar-refractivity contribution in [2.75, 3.05) is 13.1 Å². The highest BCUT2D eigenvalue weighted by Gasteiger charge is 2.33. The monoisotopic (exact) mass is 321 g/mol. The van der Waals surface area contributed by atoms with E-state index in [9.17, 15) is 18.0 Å². The van der Waals surface area contributed by atoms with Crippen LogP contribution in [-0.4, -0.2) is 33.9 Å². The summed E-state index contributed by atoms with van der Waals surface area (Å²) in [7, 11) is 0. The van der Waals surface area contributed by atoms with Gasteiger partial charge in [-0.3, -0.25) is 9.78 Å². The van der Waals surface area contributed by atoms with Crippen molar-refractivity contribution < 1.29 is 18.0 Å². The number of aromatic nitrogens is 2. The third-order valence-electron chi connectivity index (χ3n) is 3.94. The standard InChI is InChI=1S/C16H14F3N3O/c17-16(18,19)13-3-1-2-11(8-13)12-4-7-22(10-12)15(23)14-9-20-5-6-21-14/h1-3,5-6,8-9,12H,4,7,10H2/t12-/m0/s1. The maximum absolute atomic E-state index is 12.8. The Bertz CT molecular complexity index is 703. The molecule has 2 heterocycles. The van der Waals surface area contributed by atoms with Crippen LogP contribution in [0, 0.1) is 0 Å². The second-order valence-electron chi connectivity index (χ2n) is 5.45. The van der Waals surface area contributed by atoms with Crippen molar-refractivity contribution in [3.63, 3.8) is 0 Å². The molecule has 2 aromatic rings. The quantitative estimate of drug-likeness (QED) is 0.854. The van der Waals surface area contributed by atoms with Gasteiger partial charge in [-0.25, -0.2) is 4.98 Å². The lowest BCUT2D eigenvalue weighted by atomic mass is 9.96. The molecule has 120 valence electrons. The van der Waals surface area contributed by atoms with E-state index in [1.807, 2.05) is 0 Å². The number of carbonyl (C=O) groups is 1. The van der Waals surface area contributed by atoms with Gasteiger partial charge in [0, 0.05) is 31.4 Å². The third-order valence-corrected chi connectivity index (χ3v) is 3.94. The normalized spacial score (nSPS) is 18.2. The van der Waals surface area contributed by atoms with Crippen molar-refractivity contribution in [1.82, 2.24) is 14.9 Å². The molecule has 3 rings (SSSR count). The lowest BCUT2D eigenvalue weighted by Crippen LogP contribution is -2.29. The fraction of sp³-hybridized carbons (Fsp3) is 0.312. The molecule has 0 spiro atoms. The SMILES string of the molecule is O=C(c1cnccn1)N1CC[C@H](c2cccc(C(F)(F)F)c2)C1. The number of hydrogen-bond donors (Lipinski definition) is 0. The number of carbonyl (C=O) groups excluding carboxylic acids is 1. The van der Waals surface area contributed by atoms with Gasteiger partial charge >= 0.3 is 6.18 Å². The number of alkyl halides is 3. The minimum atomic E-state index is -4.36. The molecule has 1 aliphatic rings. The van der Waals surface area contributed by atoms with Crippen LogP contribution in [0.2, 0.25) is 0 Å². The lowest BCUT2D eigenvalue weighted by Gasteiger charge is -2.16. The van der Waals surface area contributed by atoms with Crippen LogP contribution in [0.15, 0.2) is 42.9 Å². The molecule has 0 aliphatic carbocycles. The highest BCUT2D eigenvalue weighted by atomic mass is 19.4. The summed E-state index contributed by atoms with van der Waals surface area (Å²) in [6.07, 6.45) is 0.580. The first-order valence-corrected chi connectivity index (χ1v) is 7.17. The summed E-state index contributed by atoms with van der Waals surface area (Å²) in [5, 5.41) is 0. The van der Waals surface area contributed by atoms with Crippen LogP contribution in [0.1, 0.15) is 34.0 Å². The smallest absolute Gasteiger partial charge is 0.337 e. The molecule has 1 amide bonds. The van der Waals surface area contributed by atoms with Crippen LogP contribution < -0.4 is 0 Å². The van der Waals surface area contributed by atoms with E-state index in [1.165, 1.54) is 30.7 Å². The van der Waals surface area contributed by atoms with Gasteiger partial charge in [-0.05, 0) is 18.1 Å². The number of amides is 1. The van der Waals surface area contributed by atoms with E-state index in [0.29, 0.717) is 25.1 Å². The minimum absolute atomic E-state index is 0.0991. The third kappa shape index (κ3) is 3.33. The highest BCUT2D eigenvalue weighted by Crippen LogP contribution is 2.33. The second-order valence-corrected chi connectivity index (χ2v) is 5.45. The molecule has 4 nitrogen and oxygen atoms in total. The highest BCUT2D eigenvalue weighted by molar-refractivity contribution is 5.92.